The summed E-state index contributed by atoms with van der Waals surface area (Å²) >= 11 is 0. The molecule has 0 aliphatic heterocycles. The molecule has 1 aromatic carbocycles. The molecule has 3 heteroatoms. The summed E-state index contributed by atoms with van der Waals surface area (Å²) in [6.07, 6.45) is 0.642. The zero-order valence-electron chi connectivity index (χ0n) is 7.79. The van der Waals surface area contributed by atoms with Crippen LogP contribution in [0.4, 0.5) is 4.39 Å². The first-order valence-corrected chi connectivity index (χ1v) is 4.15. The number of hydrogen-bond donors (Lipinski definition) is 0. The highest BCUT2D eigenvalue weighted by molar-refractivity contribution is 5.51. The Morgan fingerprint density at radius 1 is 1.31 bits per heavy atom. The van der Waals surface area contributed by atoms with E-state index in [1.165, 1.54) is 24.3 Å². The van der Waals surface area contributed by atoms with E-state index >= 15 is 0 Å². The van der Waals surface area contributed by atoms with Crippen LogP contribution in [0.15, 0.2) is 24.3 Å². The molecule has 0 aliphatic rings. The molecule has 0 fully saturated rings. The van der Waals surface area contributed by atoms with Crippen molar-refractivity contribution in [3.05, 3.63) is 30.1 Å². The fourth-order valence-electron chi connectivity index (χ4n) is 0.661. The van der Waals surface area contributed by atoms with Crippen molar-refractivity contribution in [1.82, 2.24) is 0 Å². The summed E-state index contributed by atoms with van der Waals surface area (Å²) < 4.78 is 17.2. The average molecular weight is 184 g/mol. The molecule has 0 saturated heterocycles. The van der Waals surface area contributed by atoms with Crippen LogP contribution in [0.3, 0.4) is 0 Å². The summed E-state index contributed by atoms with van der Waals surface area (Å²) in [7, 11) is 0. The van der Waals surface area contributed by atoms with Crippen molar-refractivity contribution in [2.75, 3.05) is 6.61 Å². The van der Waals surface area contributed by atoms with Crippen molar-refractivity contribution in [2.24, 2.45) is 0 Å². The summed E-state index contributed by atoms with van der Waals surface area (Å²) in [4.78, 5) is 9.85. The van der Waals surface area contributed by atoms with Gasteiger partial charge in [-0.3, -0.25) is 4.79 Å². The molecule has 0 spiro atoms. The molecule has 0 aliphatic carbocycles. The van der Waals surface area contributed by atoms with Crippen molar-refractivity contribution in [1.29, 1.82) is 0 Å². The summed E-state index contributed by atoms with van der Waals surface area (Å²) in [5, 5.41) is 0. The third-order valence-electron chi connectivity index (χ3n) is 1.13. The number of carbonyl (C=O) groups is 1. The van der Waals surface area contributed by atoms with Crippen LogP contribution in [0.5, 0.6) is 5.75 Å². The largest absolute Gasteiger partial charge is 0.486 e. The number of rotatable bonds is 3. The van der Waals surface area contributed by atoms with E-state index in [4.69, 9.17) is 4.74 Å². The van der Waals surface area contributed by atoms with E-state index in [1.54, 1.807) is 0 Å². The van der Waals surface area contributed by atoms with Crippen molar-refractivity contribution < 1.29 is 13.9 Å². The van der Waals surface area contributed by atoms with Gasteiger partial charge < -0.3 is 4.74 Å². The Hall–Kier alpha value is -1.38. The normalized spacial score (nSPS) is 8.23. The predicted molar refractivity (Wildman–Crippen MR) is 49.3 cm³/mol. The monoisotopic (exact) mass is 184 g/mol. The van der Waals surface area contributed by atoms with Gasteiger partial charge >= 0.3 is 0 Å². The Kier molecular flexibility index (Phi) is 6.51. The third-order valence-corrected chi connectivity index (χ3v) is 1.13. The van der Waals surface area contributed by atoms with Crippen LogP contribution >= 0.6 is 0 Å². The highest BCUT2D eigenvalue weighted by Gasteiger charge is 1.91. The van der Waals surface area contributed by atoms with Crippen molar-refractivity contribution in [3.63, 3.8) is 0 Å². The number of hydrogen-bond acceptors (Lipinski definition) is 2. The van der Waals surface area contributed by atoms with Crippen LogP contribution in [0.1, 0.15) is 13.8 Å². The first-order chi connectivity index (χ1) is 6.33. The second-order valence-corrected chi connectivity index (χ2v) is 1.93. The predicted octanol–water partition coefficient (Wildman–Crippen LogP) is 2.43. The number of benzene rings is 1. The molecule has 0 aromatic heterocycles. The second-order valence-electron chi connectivity index (χ2n) is 1.93. The summed E-state index contributed by atoms with van der Waals surface area (Å²) in [5.41, 5.74) is 0. The maximum Gasteiger partial charge on any atom is 0.157 e. The fourth-order valence-corrected chi connectivity index (χ4v) is 0.661. The minimum Gasteiger partial charge on any atom is -0.486 e. The first-order valence-electron chi connectivity index (χ1n) is 4.15. The first kappa shape index (κ1) is 11.6. The molecule has 0 atom stereocenters. The zero-order chi connectivity index (χ0) is 10.1. The molecule has 72 valence electrons. The van der Waals surface area contributed by atoms with Crippen LogP contribution in [0.2, 0.25) is 0 Å². The molecule has 0 radical (unpaired) electrons. The van der Waals surface area contributed by atoms with E-state index in [0.717, 1.165) is 0 Å². The lowest BCUT2D eigenvalue weighted by molar-refractivity contribution is -0.109. The van der Waals surface area contributed by atoms with Crippen molar-refractivity contribution in [3.8, 4) is 5.75 Å². The zero-order valence-corrected chi connectivity index (χ0v) is 7.79. The fraction of sp³-hybridized carbons (Fsp3) is 0.300. The van der Waals surface area contributed by atoms with Crippen LogP contribution in [-0.4, -0.2) is 12.9 Å². The third kappa shape index (κ3) is 4.95. The Labute approximate surface area is 77.3 Å². The smallest absolute Gasteiger partial charge is 0.157 e. The molecule has 13 heavy (non-hydrogen) atoms. The maximum absolute atomic E-state index is 12.3. The molecule has 1 aromatic rings. The molecular weight excluding hydrogens is 171 g/mol. The van der Waals surface area contributed by atoms with E-state index in [1.807, 2.05) is 13.8 Å². The van der Waals surface area contributed by atoms with E-state index in [-0.39, 0.29) is 12.4 Å². The number of halogens is 1. The Morgan fingerprint density at radius 3 is 2.31 bits per heavy atom. The molecule has 0 saturated carbocycles. The topological polar surface area (TPSA) is 26.3 Å². The lowest BCUT2D eigenvalue weighted by atomic mass is 10.3. The van der Waals surface area contributed by atoms with Crippen molar-refractivity contribution in [2.45, 2.75) is 13.8 Å². The van der Waals surface area contributed by atoms with Gasteiger partial charge in [-0.2, -0.15) is 0 Å². The molecule has 2 nitrogen and oxygen atoms in total. The van der Waals surface area contributed by atoms with E-state index in [9.17, 15) is 9.18 Å². The van der Waals surface area contributed by atoms with Crippen LogP contribution in [0, 0.1) is 5.82 Å². The standard InChI is InChI=1S/C8H7FO2.C2H6/c9-7-1-3-8(4-2-7)11-6-5-10;1-2/h1-5H,6H2;1-2H3. The molecule has 0 unspecified atom stereocenters. The number of carbonyl (C=O) groups excluding carboxylic acids is 1. The Morgan fingerprint density at radius 2 is 1.85 bits per heavy atom. The minimum atomic E-state index is -0.316. The van der Waals surface area contributed by atoms with E-state index in [0.29, 0.717) is 12.0 Å². The van der Waals surface area contributed by atoms with Gasteiger partial charge in [-0.1, -0.05) is 13.8 Å². The molecule has 1 rings (SSSR count). The van der Waals surface area contributed by atoms with E-state index < -0.39 is 0 Å². The van der Waals surface area contributed by atoms with Gasteiger partial charge in [-0.15, -0.1) is 0 Å². The number of ether oxygens (including phenoxy) is 1. The highest BCUT2D eigenvalue weighted by atomic mass is 19.1. The van der Waals surface area contributed by atoms with Gasteiger partial charge in [-0.25, -0.2) is 4.39 Å². The summed E-state index contributed by atoms with van der Waals surface area (Å²) in [5.74, 6) is 0.182. The molecular formula is C10H13FO2. The van der Waals surface area contributed by atoms with Gasteiger partial charge in [0.25, 0.3) is 0 Å². The van der Waals surface area contributed by atoms with Gasteiger partial charge in [0.2, 0.25) is 0 Å². The lowest BCUT2D eigenvalue weighted by Crippen LogP contribution is -1.96. The molecule has 0 heterocycles. The van der Waals surface area contributed by atoms with Gasteiger partial charge in [-0.05, 0) is 24.3 Å². The van der Waals surface area contributed by atoms with Gasteiger partial charge in [0.15, 0.2) is 6.29 Å². The molecule has 0 N–H and O–H groups in total. The lowest BCUT2D eigenvalue weighted by Gasteiger charge is -1.99. The Bertz CT molecular complexity index is 231. The molecule has 0 amide bonds. The average Bonchev–Trinajstić information content (AvgIpc) is 2.20. The van der Waals surface area contributed by atoms with Crippen LogP contribution < -0.4 is 4.74 Å². The van der Waals surface area contributed by atoms with Gasteiger partial charge in [0.05, 0.1) is 0 Å². The number of aldehydes is 1. The molecule has 0 bridgehead atoms. The van der Waals surface area contributed by atoms with E-state index in [2.05, 4.69) is 0 Å². The summed E-state index contributed by atoms with van der Waals surface area (Å²) in [6.45, 7) is 4.01. The van der Waals surface area contributed by atoms with Gasteiger partial charge in [0, 0.05) is 0 Å². The maximum atomic E-state index is 12.3. The second kappa shape index (κ2) is 7.28. The SMILES string of the molecule is CC.O=CCOc1ccc(F)cc1. The van der Waals surface area contributed by atoms with Crippen LogP contribution in [-0.2, 0) is 4.79 Å². The van der Waals surface area contributed by atoms with Crippen LogP contribution in [0.25, 0.3) is 0 Å². The summed E-state index contributed by atoms with van der Waals surface area (Å²) in [6, 6.07) is 5.50. The minimum absolute atomic E-state index is 0.00559. The quantitative estimate of drug-likeness (QED) is 0.674. The highest BCUT2D eigenvalue weighted by Crippen LogP contribution is 2.09. The van der Waals surface area contributed by atoms with Crippen molar-refractivity contribution >= 4 is 6.29 Å². The van der Waals surface area contributed by atoms with Gasteiger partial charge in [0.1, 0.15) is 18.2 Å². The Balaban J connectivity index is 0.000000671.